The third-order valence-corrected chi connectivity index (χ3v) is 4.18. The van der Waals surface area contributed by atoms with Gasteiger partial charge in [0.2, 0.25) is 0 Å². The first-order chi connectivity index (χ1) is 8.10. The van der Waals surface area contributed by atoms with Gasteiger partial charge in [0.25, 0.3) is 5.91 Å². The predicted octanol–water partition coefficient (Wildman–Crippen LogP) is 2.04. The average molecular weight is 317 g/mol. The molecule has 1 saturated heterocycles. The number of nitrogens with zero attached hydrogens (tertiary/aromatic N) is 1. The summed E-state index contributed by atoms with van der Waals surface area (Å²) in [5.74, 6) is 1.31. The maximum atomic E-state index is 12.0. The molecule has 2 rings (SSSR count). The monoisotopic (exact) mass is 316 g/mol. The van der Waals surface area contributed by atoms with Crippen molar-refractivity contribution in [3.8, 4) is 0 Å². The van der Waals surface area contributed by atoms with E-state index in [-0.39, 0.29) is 5.91 Å². The minimum absolute atomic E-state index is 0.332. The summed E-state index contributed by atoms with van der Waals surface area (Å²) in [4.78, 5) is 16.0. The normalized spacial score (nSPS) is 18.7. The van der Waals surface area contributed by atoms with Gasteiger partial charge >= 0.3 is 0 Å². The summed E-state index contributed by atoms with van der Waals surface area (Å²) in [5.41, 5.74) is -0.622. The highest BCUT2D eigenvalue weighted by Crippen LogP contribution is 2.28. The molecule has 1 fully saturated rings. The lowest BCUT2D eigenvalue weighted by Crippen LogP contribution is -2.45. The Balaban J connectivity index is 2.03. The summed E-state index contributed by atoms with van der Waals surface area (Å²) in [6, 6.07) is 3.49. The zero-order chi connectivity index (χ0) is 12.3. The Morgan fingerprint density at radius 1 is 1.47 bits per heavy atom. The minimum Gasteiger partial charge on any atom is -0.380 e. The van der Waals surface area contributed by atoms with Gasteiger partial charge in [0.15, 0.2) is 0 Å². The summed E-state index contributed by atoms with van der Waals surface area (Å²) in [6.45, 7) is 0. The molecular formula is C11H13BrN2O2S. The molecule has 1 aliphatic heterocycles. The fourth-order valence-corrected chi connectivity index (χ4v) is 3.04. The Labute approximate surface area is 112 Å². The first kappa shape index (κ1) is 12.9. The molecule has 4 nitrogen and oxygen atoms in total. The topological polar surface area (TPSA) is 62.2 Å². The molecule has 1 aromatic heterocycles. The van der Waals surface area contributed by atoms with E-state index < -0.39 is 5.60 Å². The minimum atomic E-state index is -1.22. The van der Waals surface area contributed by atoms with Gasteiger partial charge in [-0.1, -0.05) is 0 Å². The van der Waals surface area contributed by atoms with Gasteiger partial charge in [-0.05, 0) is 52.4 Å². The van der Waals surface area contributed by atoms with Crippen LogP contribution in [-0.4, -0.2) is 33.1 Å². The third kappa shape index (κ3) is 3.20. The predicted molar refractivity (Wildman–Crippen MR) is 72.1 cm³/mol. The first-order valence-electron chi connectivity index (χ1n) is 5.33. The fourth-order valence-electron chi connectivity index (χ4n) is 1.63. The Hall–Kier alpha value is -0.590. The number of carbonyl (C=O) groups excluding carboxylic acids is 1. The zero-order valence-corrected chi connectivity index (χ0v) is 11.6. The number of anilines is 1. The number of halogens is 1. The number of aromatic nitrogens is 1. The van der Waals surface area contributed by atoms with Gasteiger partial charge < -0.3 is 10.4 Å². The van der Waals surface area contributed by atoms with Crippen LogP contribution in [0.2, 0.25) is 0 Å². The molecule has 1 amide bonds. The third-order valence-electron chi connectivity index (χ3n) is 2.73. The second kappa shape index (κ2) is 5.37. The molecule has 0 atom stereocenters. The molecule has 2 heterocycles. The summed E-state index contributed by atoms with van der Waals surface area (Å²) < 4.78 is 0.711. The van der Waals surface area contributed by atoms with Crippen LogP contribution in [0.4, 0.5) is 5.69 Å². The van der Waals surface area contributed by atoms with E-state index in [2.05, 4.69) is 26.2 Å². The molecule has 1 aromatic rings. The van der Waals surface area contributed by atoms with Crippen molar-refractivity contribution in [2.45, 2.75) is 18.4 Å². The Bertz CT molecular complexity index is 404. The maximum absolute atomic E-state index is 12.0. The first-order valence-corrected chi connectivity index (χ1v) is 7.28. The molecule has 17 heavy (non-hydrogen) atoms. The fraction of sp³-hybridized carbons (Fsp3) is 0.455. The molecule has 0 radical (unpaired) electrons. The van der Waals surface area contributed by atoms with Gasteiger partial charge in [0.05, 0.1) is 11.9 Å². The Kier molecular flexibility index (Phi) is 4.06. The van der Waals surface area contributed by atoms with Crippen LogP contribution in [0.15, 0.2) is 22.9 Å². The highest BCUT2D eigenvalue weighted by Gasteiger charge is 2.37. The molecule has 0 aliphatic carbocycles. The smallest absolute Gasteiger partial charge is 0.256 e. The zero-order valence-electron chi connectivity index (χ0n) is 9.15. The number of thioether (sulfide) groups is 1. The molecular weight excluding hydrogens is 304 g/mol. The molecule has 0 bridgehead atoms. The SMILES string of the molecule is O=C(Nc1ccc(Br)nc1)C1(O)CCSCC1. The second-order valence-electron chi connectivity index (χ2n) is 3.97. The summed E-state index contributed by atoms with van der Waals surface area (Å²) in [5, 5.41) is 12.9. The second-order valence-corrected chi connectivity index (χ2v) is 6.00. The van der Waals surface area contributed by atoms with Crippen molar-refractivity contribution in [1.29, 1.82) is 0 Å². The van der Waals surface area contributed by atoms with Crippen molar-refractivity contribution in [3.63, 3.8) is 0 Å². The van der Waals surface area contributed by atoms with Crippen molar-refractivity contribution in [3.05, 3.63) is 22.9 Å². The Morgan fingerprint density at radius 3 is 2.76 bits per heavy atom. The standard InChI is InChI=1S/C11H13BrN2O2S/c12-9-2-1-8(7-13-9)14-10(15)11(16)3-5-17-6-4-11/h1-2,7,16H,3-6H2,(H,14,15). The van der Waals surface area contributed by atoms with E-state index in [0.29, 0.717) is 23.1 Å². The van der Waals surface area contributed by atoms with Crippen LogP contribution in [0, 0.1) is 0 Å². The molecule has 92 valence electrons. The van der Waals surface area contributed by atoms with E-state index in [4.69, 9.17) is 0 Å². The molecule has 0 aromatic carbocycles. The van der Waals surface area contributed by atoms with Crippen LogP contribution in [-0.2, 0) is 4.79 Å². The van der Waals surface area contributed by atoms with Crippen LogP contribution in [0.1, 0.15) is 12.8 Å². The summed E-state index contributed by atoms with van der Waals surface area (Å²) in [6.07, 6.45) is 2.57. The van der Waals surface area contributed by atoms with Crippen molar-refractivity contribution >= 4 is 39.3 Å². The van der Waals surface area contributed by atoms with E-state index in [1.54, 1.807) is 30.1 Å². The molecule has 6 heteroatoms. The average Bonchev–Trinajstić information content (AvgIpc) is 2.33. The van der Waals surface area contributed by atoms with E-state index in [1.807, 2.05) is 0 Å². The number of pyridine rings is 1. The maximum Gasteiger partial charge on any atom is 0.256 e. The van der Waals surface area contributed by atoms with E-state index in [0.717, 1.165) is 11.5 Å². The number of amides is 1. The molecule has 1 aliphatic rings. The lowest BCUT2D eigenvalue weighted by Gasteiger charge is -2.30. The van der Waals surface area contributed by atoms with E-state index in [1.165, 1.54) is 0 Å². The lowest BCUT2D eigenvalue weighted by atomic mass is 9.96. The van der Waals surface area contributed by atoms with Crippen LogP contribution in [0.25, 0.3) is 0 Å². The van der Waals surface area contributed by atoms with Crippen molar-refractivity contribution in [2.24, 2.45) is 0 Å². The number of hydrogen-bond donors (Lipinski definition) is 2. The van der Waals surface area contributed by atoms with Crippen molar-refractivity contribution < 1.29 is 9.90 Å². The number of carbonyl (C=O) groups is 1. The van der Waals surface area contributed by atoms with Gasteiger partial charge in [-0.25, -0.2) is 4.98 Å². The molecule has 0 saturated carbocycles. The van der Waals surface area contributed by atoms with Crippen LogP contribution >= 0.6 is 27.7 Å². The van der Waals surface area contributed by atoms with Crippen molar-refractivity contribution in [1.82, 2.24) is 4.98 Å². The molecule has 2 N–H and O–H groups in total. The van der Waals surface area contributed by atoms with Gasteiger partial charge in [-0.15, -0.1) is 0 Å². The van der Waals surface area contributed by atoms with Crippen LogP contribution < -0.4 is 5.32 Å². The highest BCUT2D eigenvalue weighted by atomic mass is 79.9. The van der Waals surface area contributed by atoms with Gasteiger partial charge in [0.1, 0.15) is 10.2 Å². The summed E-state index contributed by atoms with van der Waals surface area (Å²) in [7, 11) is 0. The quantitative estimate of drug-likeness (QED) is 0.820. The lowest BCUT2D eigenvalue weighted by molar-refractivity contribution is -0.134. The number of rotatable bonds is 2. The van der Waals surface area contributed by atoms with Crippen molar-refractivity contribution in [2.75, 3.05) is 16.8 Å². The number of aliphatic hydroxyl groups is 1. The van der Waals surface area contributed by atoms with Gasteiger partial charge in [-0.3, -0.25) is 4.79 Å². The molecule has 0 spiro atoms. The van der Waals surface area contributed by atoms with Gasteiger partial charge in [-0.2, -0.15) is 11.8 Å². The van der Waals surface area contributed by atoms with Crippen LogP contribution in [0.3, 0.4) is 0 Å². The van der Waals surface area contributed by atoms with E-state index >= 15 is 0 Å². The highest BCUT2D eigenvalue weighted by molar-refractivity contribution is 9.10. The van der Waals surface area contributed by atoms with E-state index in [9.17, 15) is 9.90 Å². The van der Waals surface area contributed by atoms with Crippen LogP contribution in [0.5, 0.6) is 0 Å². The largest absolute Gasteiger partial charge is 0.380 e. The number of hydrogen-bond acceptors (Lipinski definition) is 4. The van der Waals surface area contributed by atoms with Gasteiger partial charge in [0, 0.05) is 0 Å². The molecule has 0 unspecified atom stereocenters. The summed E-state index contributed by atoms with van der Waals surface area (Å²) >= 11 is 4.99. The number of nitrogens with one attached hydrogen (secondary N) is 1. The Morgan fingerprint density at radius 2 is 2.18 bits per heavy atom.